The SMILES string of the molecule is C=C[C@@H]([C@H](O)CO)[C@H](O)CC/C(=C/c1cccc(O)c1)CCC. The van der Waals surface area contributed by atoms with Crippen LogP contribution in [-0.4, -0.2) is 39.2 Å². The van der Waals surface area contributed by atoms with E-state index in [1.807, 2.05) is 12.1 Å². The van der Waals surface area contributed by atoms with E-state index in [1.54, 1.807) is 18.2 Å². The van der Waals surface area contributed by atoms with Gasteiger partial charge in [0.2, 0.25) is 0 Å². The summed E-state index contributed by atoms with van der Waals surface area (Å²) in [6, 6.07) is 7.05. The number of benzene rings is 1. The van der Waals surface area contributed by atoms with Gasteiger partial charge >= 0.3 is 0 Å². The molecule has 0 aliphatic carbocycles. The highest BCUT2D eigenvalue weighted by atomic mass is 16.3. The lowest BCUT2D eigenvalue weighted by Crippen LogP contribution is -2.32. The first-order chi connectivity index (χ1) is 11.0. The predicted molar refractivity (Wildman–Crippen MR) is 93.0 cm³/mol. The van der Waals surface area contributed by atoms with Crippen LogP contribution in [-0.2, 0) is 0 Å². The fraction of sp³-hybridized carbons (Fsp3) is 0.474. The van der Waals surface area contributed by atoms with Crippen LogP contribution in [0.25, 0.3) is 6.08 Å². The molecular formula is C19H28O4. The second-order valence-corrected chi connectivity index (χ2v) is 5.82. The van der Waals surface area contributed by atoms with Gasteiger partial charge in [-0.2, -0.15) is 0 Å². The Morgan fingerprint density at radius 1 is 1.22 bits per heavy atom. The fourth-order valence-electron chi connectivity index (χ4n) is 2.66. The lowest BCUT2D eigenvalue weighted by atomic mass is 9.90. The van der Waals surface area contributed by atoms with E-state index in [9.17, 15) is 15.3 Å². The Balaban J connectivity index is 2.74. The molecule has 0 spiro atoms. The maximum atomic E-state index is 10.2. The van der Waals surface area contributed by atoms with Crippen molar-refractivity contribution in [3.8, 4) is 5.75 Å². The molecule has 23 heavy (non-hydrogen) atoms. The predicted octanol–water partition coefficient (Wildman–Crippen LogP) is 2.87. The van der Waals surface area contributed by atoms with Gasteiger partial charge in [-0.1, -0.05) is 43.2 Å². The minimum Gasteiger partial charge on any atom is -0.508 e. The van der Waals surface area contributed by atoms with Gasteiger partial charge in [-0.25, -0.2) is 0 Å². The monoisotopic (exact) mass is 320 g/mol. The van der Waals surface area contributed by atoms with Crippen LogP contribution in [0.4, 0.5) is 0 Å². The van der Waals surface area contributed by atoms with Gasteiger partial charge in [0, 0.05) is 5.92 Å². The van der Waals surface area contributed by atoms with Crippen molar-refractivity contribution in [3.05, 3.63) is 48.1 Å². The number of rotatable bonds is 10. The number of phenols is 1. The van der Waals surface area contributed by atoms with Gasteiger partial charge in [0.15, 0.2) is 0 Å². The van der Waals surface area contributed by atoms with Crippen LogP contribution in [0.1, 0.15) is 38.2 Å². The van der Waals surface area contributed by atoms with E-state index in [1.165, 1.54) is 11.6 Å². The third-order valence-corrected chi connectivity index (χ3v) is 3.92. The summed E-state index contributed by atoms with van der Waals surface area (Å²) in [4.78, 5) is 0. The number of allylic oxidation sites excluding steroid dienone is 1. The molecule has 0 saturated heterocycles. The number of aliphatic hydroxyl groups excluding tert-OH is 3. The second-order valence-electron chi connectivity index (χ2n) is 5.82. The Morgan fingerprint density at radius 2 is 1.96 bits per heavy atom. The second kappa shape index (κ2) is 10.2. The van der Waals surface area contributed by atoms with E-state index in [4.69, 9.17) is 5.11 Å². The number of hydrogen-bond acceptors (Lipinski definition) is 4. The van der Waals surface area contributed by atoms with Crippen LogP contribution in [0.5, 0.6) is 5.75 Å². The summed E-state index contributed by atoms with van der Waals surface area (Å²) in [6.45, 7) is 5.32. The normalized spacial score (nSPS) is 15.9. The van der Waals surface area contributed by atoms with E-state index in [0.717, 1.165) is 18.4 Å². The zero-order chi connectivity index (χ0) is 17.2. The molecule has 0 bridgehead atoms. The van der Waals surface area contributed by atoms with E-state index in [-0.39, 0.29) is 5.75 Å². The van der Waals surface area contributed by atoms with E-state index >= 15 is 0 Å². The van der Waals surface area contributed by atoms with E-state index < -0.39 is 24.7 Å². The summed E-state index contributed by atoms with van der Waals surface area (Å²) in [5.74, 6) is -0.309. The molecule has 0 unspecified atom stereocenters. The molecule has 0 aliphatic heterocycles. The standard InChI is InChI=1S/C19H28O4/c1-3-6-14(11-15-7-5-8-16(21)12-15)9-10-18(22)17(4-2)19(23)13-20/h4-5,7-8,11-12,17-23H,2-3,6,9-10,13H2,1H3/b14-11+/t17-,18-,19-/m1/s1. The van der Waals surface area contributed by atoms with Gasteiger partial charge in [-0.05, 0) is 37.0 Å². The maximum absolute atomic E-state index is 10.2. The minimum absolute atomic E-state index is 0.229. The minimum atomic E-state index is -0.993. The van der Waals surface area contributed by atoms with Gasteiger partial charge in [0.05, 0.1) is 18.8 Å². The average Bonchev–Trinajstić information content (AvgIpc) is 2.53. The topological polar surface area (TPSA) is 80.9 Å². The van der Waals surface area contributed by atoms with Crippen LogP contribution < -0.4 is 0 Å². The van der Waals surface area contributed by atoms with Crippen molar-refractivity contribution in [2.45, 2.75) is 44.8 Å². The molecule has 0 aromatic heterocycles. The first-order valence-electron chi connectivity index (χ1n) is 8.09. The molecule has 4 heteroatoms. The lowest BCUT2D eigenvalue weighted by Gasteiger charge is -2.23. The zero-order valence-electron chi connectivity index (χ0n) is 13.7. The average molecular weight is 320 g/mol. The van der Waals surface area contributed by atoms with Crippen molar-refractivity contribution in [2.75, 3.05) is 6.61 Å². The Hall–Kier alpha value is -1.62. The molecule has 0 aliphatic rings. The summed E-state index contributed by atoms with van der Waals surface area (Å²) >= 11 is 0. The molecule has 0 heterocycles. The number of aromatic hydroxyl groups is 1. The molecule has 0 radical (unpaired) electrons. The van der Waals surface area contributed by atoms with E-state index in [0.29, 0.717) is 12.8 Å². The highest BCUT2D eigenvalue weighted by molar-refractivity contribution is 5.54. The quantitative estimate of drug-likeness (QED) is 0.500. The van der Waals surface area contributed by atoms with Crippen LogP contribution in [0, 0.1) is 5.92 Å². The Bertz CT molecular complexity index is 510. The number of aliphatic hydroxyl groups is 3. The van der Waals surface area contributed by atoms with Crippen molar-refractivity contribution in [3.63, 3.8) is 0 Å². The van der Waals surface area contributed by atoms with Gasteiger partial charge in [-0.15, -0.1) is 6.58 Å². The molecular weight excluding hydrogens is 292 g/mol. The third-order valence-electron chi connectivity index (χ3n) is 3.92. The summed E-state index contributed by atoms with van der Waals surface area (Å²) in [5, 5.41) is 38.5. The third kappa shape index (κ3) is 6.57. The van der Waals surface area contributed by atoms with Crippen molar-refractivity contribution < 1.29 is 20.4 Å². The summed E-state index contributed by atoms with van der Waals surface area (Å²) in [5.41, 5.74) is 2.11. The zero-order valence-corrected chi connectivity index (χ0v) is 13.7. The van der Waals surface area contributed by atoms with Crippen LogP contribution in [0.15, 0.2) is 42.5 Å². The molecule has 1 aromatic rings. The van der Waals surface area contributed by atoms with Crippen molar-refractivity contribution in [1.82, 2.24) is 0 Å². The van der Waals surface area contributed by atoms with Gasteiger partial charge in [0.1, 0.15) is 5.75 Å². The molecule has 4 N–H and O–H groups in total. The van der Waals surface area contributed by atoms with Crippen molar-refractivity contribution in [1.29, 1.82) is 0 Å². The number of hydrogen-bond donors (Lipinski definition) is 4. The largest absolute Gasteiger partial charge is 0.508 e. The summed E-state index contributed by atoms with van der Waals surface area (Å²) in [7, 11) is 0. The molecule has 0 amide bonds. The molecule has 0 saturated carbocycles. The smallest absolute Gasteiger partial charge is 0.116 e. The maximum Gasteiger partial charge on any atom is 0.116 e. The molecule has 128 valence electrons. The van der Waals surface area contributed by atoms with E-state index in [2.05, 4.69) is 13.5 Å². The van der Waals surface area contributed by atoms with Gasteiger partial charge < -0.3 is 20.4 Å². The highest BCUT2D eigenvalue weighted by Gasteiger charge is 2.23. The van der Waals surface area contributed by atoms with Gasteiger partial charge in [-0.3, -0.25) is 0 Å². The Kier molecular flexibility index (Phi) is 8.62. The molecule has 0 fully saturated rings. The Morgan fingerprint density at radius 3 is 2.52 bits per heavy atom. The van der Waals surface area contributed by atoms with Crippen LogP contribution in [0.3, 0.4) is 0 Å². The van der Waals surface area contributed by atoms with Crippen molar-refractivity contribution >= 4 is 6.08 Å². The van der Waals surface area contributed by atoms with Crippen molar-refractivity contribution in [2.24, 2.45) is 5.92 Å². The first kappa shape index (κ1) is 19.4. The number of phenolic OH excluding ortho intramolecular Hbond substituents is 1. The van der Waals surface area contributed by atoms with Crippen LogP contribution >= 0.6 is 0 Å². The highest BCUT2D eigenvalue weighted by Crippen LogP contribution is 2.23. The summed E-state index contributed by atoms with van der Waals surface area (Å²) in [6.07, 6.45) is 4.84. The Labute approximate surface area is 138 Å². The fourth-order valence-corrected chi connectivity index (χ4v) is 2.66. The molecule has 1 rings (SSSR count). The van der Waals surface area contributed by atoms with Crippen LogP contribution in [0.2, 0.25) is 0 Å². The molecule has 1 aromatic carbocycles. The van der Waals surface area contributed by atoms with Gasteiger partial charge in [0.25, 0.3) is 0 Å². The molecule has 4 nitrogen and oxygen atoms in total. The first-order valence-corrected chi connectivity index (χ1v) is 8.09. The molecule has 3 atom stereocenters. The lowest BCUT2D eigenvalue weighted by molar-refractivity contribution is 0.00209. The summed E-state index contributed by atoms with van der Waals surface area (Å²) < 4.78 is 0.